The maximum atomic E-state index is 12.8. The summed E-state index contributed by atoms with van der Waals surface area (Å²) in [5.74, 6) is 0.547. The monoisotopic (exact) mass is 290 g/mol. The number of hydrogen-bond donors (Lipinski definition) is 0. The molecule has 3 nitrogen and oxygen atoms in total. The lowest BCUT2D eigenvalue weighted by Gasteiger charge is -2.34. The summed E-state index contributed by atoms with van der Waals surface area (Å²) in [5.41, 5.74) is 1.19. The summed E-state index contributed by atoms with van der Waals surface area (Å²) in [6.07, 6.45) is 4.26. The quantitative estimate of drug-likeness (QED) is 0.831. The van der Waals surface area contributed by atoms with Gasteiger partial charge in [0.05, 0.1) is 0 Å². The predicted octanol–water partition coefficient (Wildman–Crippen LogP) is 2.31. The Labute approximate surface area is 125 Å². The normalized spacial score (nSPS) is 19.8. The maximum Gasteiger partial charge on any atom is 0.225 e. The highest BCUT2D eigenvalue weighted by Crippen LogP contribution is 2.31. The van der Waals surface area contributed by atoms with Crippen molar-refractivity contribution in [1.82, 2.24) is 9.80 Å². The van der Waals surface area contributed by atoms with Gasteiger partial charge < -0.3 is 4.90 Å². The molecule has 4 heteroatoms. The zero-order valence-corrected chi connectivity index (χ0v) is 12.4. The summed E-state index contributed by atoms with van der Waals surface area (Å²) < 4.78 is 12.8. The van der Waals surface area contributed by atoms with Crippen LogP contribution in [0.2, 0.25) is 0 Å². The van der Waals surface area contributed by atoms with Crippen molar-refractivity contribution in [2.75, 3.05) is 32.7 Å². The minimum Gasteiger partial charge on any atom is -0.340 e. The largest absolute Gasteiger partial charge is 0.340 e. The first kappa shape index (κ1) is 14.5. The van der Waals surface area contributed by atoms with Crippen LogP contribution in [0.4, 0.5) is 4.39 Å². The summed E-state index contributed by atoms with van der Waals surface area (Å²) in [5, 5.41) is 0. The highest BCUT2D eigenvalue weighted by atomic mass is 19.1. The number of piperazine rings is 1. The predicted molar refractivity (Wildman–Crippen MR) is 80.5 cm³/mol. The fourth-order valence-electron chi connectivity index (χ4n) is 2.94. The number of rotatable bonds is 5. The molecule has 1 aliphatic heterocycles. The smallest absolute Gasteiger partial charge is 0.225 e. The van der Waals surface area contributed by atoms with E-state index in [9.17, 15) is 9.18 Å². The van der Waals surface area contributed by atoms with Gasteiger partial charge in [0.2, 0.25) is 5.91 Å². The highest BCUT2D eigenvalue weighted by molar-refractivity contribution is 5.81. The van der Waals surface area contributed by atoms with Crippen LogP contribution in [0.1, 0.15) is 24.8 Å². The summed E-state index contributed by atoms with van der Waals surface area (Å²) in [6, 6.07) is 6.78. The number of carbonyl (C=O) groups excluding carboxylic acids is 1. The van der Waals surface area contributed by atoms with Crippen molar-refractivity contribution < 1.29 is 9.18 Å². The van der Waals surface area contributed by atoms with Gasteiger partial charge in [0, 0.05) is 32.1 Å². The van der Waals surface area contributed by atoms with Crippen LogP contribution >= 0.6 is 0 Å². The van der Waals surface area contributed by atoms with Gasteiger partial charge >= 0.3 is 0 Å². The van der Waals surface area contributed by atoms with E-state index < -0.39 is 0 Å². The second-order valence-electron chi connectivity index (χ2n) is 6.17. The van der Waals surface area contributed by atoms with Crippen molar-refractivity contribution in [3.63, 3.8) is 0 Å². The minimum absolute atomic E-state index is 0.171. The first-order chi connectivity index (χ1) is 10.2. The molecule has 0 spiro atoms. The Kier molecular flexibility index (Phi) is 4.54. The Bertz CT molecular complexity index is 476. The van der Waals surface area contributed by atoms with Crippen LogP contribution in [0, 0.1) is 11.7 Å². The molecule has 1 heterocycles. The zero-order valence-electron chi connectivity index (χ0n) is 12.4. The maximum absolute atomic E-state index is 12.8. The summed E-state index contributed by atoms with van der Waals surface area (Å²) in [7, 11) is 0. The lowest BCUT2D eigenvalue weighted by Crippen LogP contribution is -2.49. The van der Waals surface area contributed by atoms with Gasteiger partial charge in [0.25, 0.3) is 0 Å². The Balaban J connectivity index is 1.35. The zero-order chi connectivity index (χ0) is 14.7. The van der Waals surface area contributed by atoms with E-state index in [0.29, 0.717) is 11.8 Å². The molecule has 21 heavy (non-hydrogen) atoms. The molecular formula is C17H23FN2O. The minimum atomic E-state index is -0.171. The van der Waals surface area contributed by atoms with Crippen molar-refractivity contribution in [2.24, 2.45) is 5.92 Å². The van der Waals surface area contributed by atoms with Crippen LogP contribution < -0.4 is 0 Å². The number of amides is 1. The lowest BCUT2D eigenvalue weighted by molar-refractivity contribution is -0.134. The molecule has 2 aliphatic rings. The summed E-state index contributed by atoms with van der Waals surface area (Å²) in [6.45, 7) is 4.80. The molecule has 1 aromatic rings. The number of hydrogen-bond acceptors (Lipinski definition) is 2. The van der Waals surface area contributed by atoms with E-state index in [0.717, 1.165) is 58.4 Å². The second kappa shape index (κ2) is 6.56. The molecule has 1 aliphatic carbocycles. The van der Waals surface area contributed by atoms with Crippen molar-refractivity contribution in [3.05, 3.63) is 35.6 Å². The van der Waals surface area contributed by atoms with Crippen molar-refractivity contribution in [2.45, 2.75) is 25.7 Å². The van der Waals surface area contributed by atoms with Gasteiger partial charge in [-0.25, -0.2) is 4.39 Å². The second-order valence-corrected chi connectivity index (χ2v) is 6.17. The summed E-state index contributed by atoms with van der Waals surface area (Å²) >= 11 is 0. The number of aryl methyl sites for hydroxylation is 1. The van der Waals surface area contributed by atoms with Gasteiger partial charge in [-0.3, -0.25) is 9.69 Å². The summed E-state index contributed by atoms with van der Waals surface area (Å²) in [4.78, 5) is 16.4. The van der Waals surface area contributed by atoms with Gasteiger partial charge in [0.15, 0.2) is 0 Å². The van der Waals surface area contributed by atoms with Crippen LogP contribution in [-0.2, 0) is 11.2 Å². The van der Waals surface area contributed by atoms with Gasteiger partial charge in [-0.05, 0) is 49.9 Å². The fourth-order valence-corrected chi connectivity index (χ4v) is 2.94. The third-order valence-electron chi connectivity index (χ3n) is 4.46. The molecule has 1 saturated heterocycles. The van der Waals surface area contributed by atoms with Crippen molar-refractivity contribution in [1.29, 1.82) is 0 Å². The molecule has 2 fully saturated rings. The third kappa shape index (κ3) is 4.03. The highest BCUT2D eigenvalue weighted by Gasteiger charge is 2.34. The molecule has 1 amide bonds. The van der Waals surface area contributed by atoms with Gasteiger partial charge in [-0.1, -0.05) is 12.1 Å². The van der Waals surface area contributed by atoms with E-state index in [-0.39, 0.29) is 5.82 Å². The van der Waals surface area contributed by atoms with Crippen LogP contribution in [0.25, 0.3) is 0 Å². The van der Waals surface area contributed by atoms with E-state index in [1.165, 1.54) is 17.7 Å². The first-order valence-electron chi connectivity index (χ1n) is 7.98. The number of carbonyl (C=O) groups is 1. The molecule has 114 valence electrons. The molecule has 0 atom stereocenters. The molecule has 1 saturated carbocycles. The topological polar surface area (TPSA) is 23.6 Å². The van der Waals surface area contributed by atoms with E-state index in [1.54, 1.807) is 0 Å². The van der Waals surface area contributed by atoms with E-state index >= 15 is 0 Å². The van der Waals surface area contributed by atoms with E-state index in [4.69, 9.17) is 0 Å². The van der Waals surface area contributed by atoms with Crippen LogP contribution in [0.5, 0.6) is 0 Å². The fraction of sp³-hybridized carbons (Fsp3) is 0.588. The molecular weight excluding hydrogens is 267 g/mol. The van der Waals surface area contributed by atoms with E-state index in [2.05, 4.69) is 4.90 Å². The van der Waals surface area contributed by atoms with Crippen LogP contribution in [-0.4, -0.2) is 48.4 Å². The average molecular weight is 290 g/mol. The van der Waals surface area contributed by atoms with Crippen LogP contribution in [0.15, 0.2) is 24.3 Å². The Hall–Kier alpha value is -1.42. The van der Waals surface area contributed by atoms with Crippen molar-refractivity contribution in [3.8, 4) is 0 Å². The van der Waals surface area contributed by atoms with Gasteiger partial charge in [-0.2, -0.15) is 0 Å². The average Bonchev–Trinajstić information content (AvgIpc) is 3.34. The number of nitrogens with zero attached hydrogens (tertiary/aromatic N) is 2. The molecule has 0 bridgehead atoms. The van der Waals surface area contributed by atoms with E-state index in [1.807, 2.05) is 17.0 Å². The van der Waals surface area contributed by atoms with Gasteiger partial charge in [0.1, 0.15) is 5.82 Å². The Morgan fingerprint density at radius 2 is 1.76 bits per heavy atom. The number of benzene rings is 1. The van der Waals surface area contributed by atoms with Crippen LogP contribution in [0.3, 0.4) is 0 Å². The Morgan fingerprint density at radius 3 is 2.38 bits per heavy atom. The third-order valence-corrected chi connectivity index (χ3v) is 4.46. The molecule has 0 radical (unpaired) electrons. The first-order valence-corrected chi connectivity index (χ1v) is 7.98. The number of halogens is 1. The molecule has 0 N–H and O–H groups in total. The Morgan fingerprint density at radius 1 is 1.10 bits per heavy atom. The van der Waals surface area contributed by atoms with Crippen molar-refractivity contribution >= 4 is 5.91 Å². The molecule has 0 aromatic heterocycles. The molecule has 0 unspecified atom stereocenters. The molecule has 3 rings (SSSR count). The molecule has 1 aromatic carbocycles. The lowest BCUT2D eigenvalue weighted by atomic mass is 10.1. The van der Waals surface area contributed by atoms with Gasteiger partial charge in [-0.15, -0.1) is 0 Å². The standard InChI is InChI=1S/C17H23FN2O/c18-16-7-3-14(4-8-16)2-1-9-19-10-12-20(13-11-19)17(21)15-5-6-15/h3-4,7-8,15H,1-2,5-6,9-13H2. The SMILES string of the molecule is O=C(C1CC1)N1CCN(CCCc2ccc(F)cc2)CC1.